The second-order valence-electron chi connectivity index (χ2n) is 5.54. The highest BCUT2D eigenvalue weighted by molar-refractivity contribution is 5.89. The van der Waals surface area contributed by atoms with Crippen LogP contribution in [-0.2, 0) is 20.7 Å². The van der Waals surface area contributed by atoms with Gasteiger partial charge in [-0.25, -0.2) is 0 Å². The minimum Gasteiger partial charge on any atom is -0.497 e. The molecule has 25 heavy (non-hydrogen) atoms. The van der Waals surface area contributed by atoms with Crippen molar-refractivity contribution in [2.75, 3.05) is 14.2 Å². The number of ether oxygens (including phenoxy) is 2. The van der Waals surface area contributed by atoms with E-state index in [1.165, 1.54) is 7.11 Å². The summed E-state index contributed by atoms with van der Waals surface area (Å²) in [6, 6.07) is 15.5. The molecule has 2 aromatic carbocycles. The van der Waals surface area contributed by atoms with Crippen molar-refractivity contribution in [3.05, 3.63) is 65.7 Å². The van der Waals surface area contributed by atoms with E-state index in [0.717, 1.165) is 5.56 Å². The molecular weight excluding hydrogens is 320 g/mol. The number of carbonyl (C=O) groups is 2. The number of nitrogens with one attached hydrogen (secondary N) is 1. The number of methoxy groups -OCH3 is 2. The van der Waals surface area contributed by atoms with Gasteiger partial charge < -0.3 is 20.5 Å². The maximum atomic E-state index is 12.5. The van der Waals surface area contributed by atoms with Crippen LogP contribution in [0.1, 0.15) is 17.2 Å². The van der Waals surface area contributed by atoms with Crippen molar-refractivity contribution in [1.29, 1.82) is 0 Å². The van der Waals surface area contributed by atoms with Gasteiger partial charge in [-0.3, -0.25) is 9.59 Å². The van der Waals surface area contributed by atoms with Crippen molar-refractivity contribution >= 4 is 11.8 Å². The van der Waals surface area contributed by atoms with E-state index in [2.05, 4.69) is 5.32 Å². The fourth-order valence-electron chi connectivity index (χ4n) is 2.49. The van der Waals surface area contributed by atoms with E-state index in [9.17, 15) is 9.59 Å². The maximum absolute atomic E-state index is 12.5. The third-order valence-corrected chi connectivity index (χ3v) is 3.83. The van der Waals surface area contributed by atoms with Gasteiger partial charge in [0.2, 0.25) is 5.91 Å². The van der Waals surface area contributed by atoms with Gasteiger partial charge in [0.15, 0.2) is 6.10 Å². The Morgan fingerprint density at radius 2 is 1.68 bits per heavy atom. The smallest absolute Gasteiger partial charge is 0.254 e. The Bertz CT molecular complexity index is 701. The van der Waals surface area contributed by atoms with Crippen molar-refractivity contribution in [3.8, 4) is 5.75 Å². The van der Waals surface area contributed by atoms with Gasteiger partial charge >= 0.3 is 0 Å². The van der Waals surface area contributed by atoms with Crippen LogP contribution in [0.15, 0.2) is 54.6 Å². The second kappa shape index (κ2) is 8.84. The Balaban J connectivity index is 2.09. The van der Waals surface area contributed by atoms with Crippen LogP contribution >= 0.6 is 0 Å². The first-order chi connectivity index (χ1) is 12.0. The monoisotopic (exact) mass is 342 g/mol. The molecule has 0 aliphatic carbocycles. The highest BCUT2D eigenvalue weighted by Crippen LogP contribution is 2.17. The number of carbonyl (C=O) groups excluding carboxylic acids is 2. The molecule has 6 nitrogen and oxygen atoms in total. The summed E-state index contributed by atoms with van der Waals surface area (Å²) in [4.78, 5) is 24.3. The first-order valence-electron chi connectivity index (χ1n) is 7.85. The molecule has 2 aromatic rings. The molecule has 0 aliphatic heterocycles. The van der Waals surface area contributed by atoms with Crippen molar-refractivity contribution in [2.24, 2.45) is 5.73 Å². The molecule has 0 aliphatic rings. The molecule has 2 rings (SSSR count). The van der Waals surface area contributed by atoms with Crippen LogP contribution in [0.2, 0.25) is 0 Å². The van der Waals surface area contributed by atoms with Gasteiger partial charge in [-0.15, -0.1) is 0 Å². The highest BCUT2D eigenvalue weighted by atomic mass is 16.5. The molecule has 0 saturated carbocycles. The van der Waals surface area contributed by atoms with Crippen molar-refractivity contribution in [1.82, 2.24) is 5.32 Å². The molecule has 2 atom stereocenters. The molecule has 0 saturated heterocycles. The Labute approximate surface area is 146 Å². The lowest BCUT2D eigenvalue weighted by Gasteiger charge is -2.20. The molecule has 0 fully saturated rings. The third-order valence-electron chi connectivity index (χ3n) is 3.83. The predicted molar refractivity (Wildman–Crippen MR) is 94.0 cm³/mol. The van der Waals surface area contributed by atoms with Gasteiger partial charge in [-0.2, -0.15) is 0 Å². The average Bonchev–Trinajstić information content (AvgIpc) is 2.63. The van der Waals surface area contributed by atoms with Crippen LogP contribution in [0.25, 0.3) is 0 Å². The SMILES string of the molecule is COc1ccc(C[C@H](NC(=O)[C@@H](OC)c2ccccc2)C(N)=O)cc1. The van der Waals surface area contributed by atoms with Crippen LogP contribution in [0.5, 0.6) is 5.75 Å². The van der Waals surface area contributed by atoms with Gasteiger partial charge in [0.1, 0.15) is 11.8 Å². The summed E-state index contributed by atoms with van der Waals surface area (Å²) in [6.45, 7) is 0. The molecule has 0 heterocycles. The van der Waals surface area contributed by atoms with E-state index < -0.39 is 24.0 Å². The number of hydrogen-bond donors (Lipinski definition) is 2. The minimum absolute atomic E-state index is 0.288. The van der Waals surface area contributed by atoms with Crippen LogP contribution in [0.4, 0.5) is 0 Å². The quantitative estimate of drug-likeness (QED) is 0.762. The summed E-state index contributed by atoms with van der Waals surface area (Å²) < 4.78 is 10.4. The average molecular weight is 342 g/mol. The highest BCUT2D eigenvalue weighted by Gasteiger charge is 2.25. The summed E-state index contributed by atoms with van der Waals surface area (Å²) in [5.41, 5.74) is 7.01. The Morgan fingerprint density at radius 1 is 1.04 bits per heavy atom. The zero-order valence-electron chi connectivity index (χ0n) is 14.3. The number of hydrogen-bond acceptors (Lipinski definition) is 4. The number of primary amides is 1. The van der Waals surface area contributed by atoms with E-state index >= 15 is 0 Å². The van der Waals surface area contributed by atoms with Gasteiger partial charge in [0.05, 0.1) is 7.11 Å². The van der Waals surface area contributed by atoms with Gasteiger partial charge in [-0.05, 0) is 23.3 Å². The molecular formula is C19H22N2O4. The first-order valence-corrected chi connectivity index (χ1v) is 7.85. The van der Waals surface area contributed by atoms with E-state index in [1.807, 2.05) is 30.3 Å². The zero-order valence-corrected chi connectivity index (χ0v) is 14.3. The lowest BCUT2D eigenvalue weighted by Crippen LogP contribution is -2.47. The lowest BCUT2D eigenvalue weighted by atomic mass is 10.0. The van der Waals surface area contributed by atoms with E-state index in [-0.39, 0.29) is 6.42 Å². The van der Waals surface area contributed by atoms with Crippen molar-refractivity contribution in [3.63, 3.8) is 0 Å². The molecule has 0 bridgehead atoms. The lowest BCUT2D eigenvalue weighted by molar-refractivity contribution is -0.134. The molecule has 132 valence electrons. The first kappa shape index (κ1) is 18.5. The zero-order chi connectivity index (χ0) is 18.2. The van der Waals surface area contributed by atoms with Gasteiger partial charge in [-0.1, -0.05) is 42.5 Å². The van der Waals surface area contributed by atoms with Crippen LogP contribution in [0, 0.1) is 0 Å². The van der Waals surface area contributed by atoms with Crippen LogP contribution in [0.3, 0.4) is 0 Å². The molecule has 0 aromatic heterocycles. The van der Waals surface area contributed by atoms with E-state index in [0.29, 0.717) is 11.3 Å². The summed E-state index contributed by atoms with van der Waals surface area (Å²) in [5, 5.41) is 2.67. The largest absolute Gasteiger partial charge is 0.497 e. The summed E-state index contributed by atoms with van der Waals surface area (Å²) in [6.07, 6.45) is -0.519. The van der Waals surface area contributed by atoms with E-state index in [4.69, 9.17) is 15.2 Å². The number of rotatable bonds is 8. The number of nitrogens with two attached hydrogens (primary N) is 1. The summed E-state index contributed by atoms with van der Waals surface area (Å²) >= 11 is 0. The molecule has 0 spiro atoms. The Hall–Kier alpha value is -2.86. The fourth-order valence-corrected chi connectivity index (χ4v) is 2.49. The summed E-state index contributed by atoms with van der Waals surface area (Å²) in [7, 11) is 3.02. The van der Waals surface area contributed by atoms with Crippen LogP contribution < -0.4 is 15.8 Å². The molecule has 6 heteroatoms. The second-order valence-corrected chi connectivity index (χ2v) is 5.54. The number of benzene rings is 2. The third kappa shape index (κ3) is 5.06. The fraction of sp³-hybridized carbons (Fsp3) is 0.263. The van der Waals surface area contributed by atoms with Gasteiger partial charge in [0, 0.05) is 13.5 Å². The molecule has 2 amide bonds. The van der Waals surface area contributed by atoms with E-state index in [1.54, 1.807) is 31.4 Å². The Morgan fingerprint density at radius 3 is 2.20 bits per heavy atom. The summed E-state index contributed by atoms with van der Waals surface area (Å²) in [5.74, 6) is -0.301. The van der Waals surface area contributed by atoms with Crippen molar-refractivity contribution < 1.29 is 19.1 Å². The standard InChI is InChI=1S/C19H22N2O4/c1-24-15-10-8-13(9-11-15)12-16(18(20)22)21-19(23)17(25-2)14-6-4-3-5-7-14/h3-11,16-17H,12H2,1-2H3,(H2,20,22)(H,21,23)/t16-,17-/m0/s1. The topological polar surface area (TPSA) is 90.7 Å². The number of amides is 2. The molecule has 0 radical (unpaired) electrons. The van der Waals surface area contributed by atoms with Crippen LogP contribution in [-0.4, -0.2) is 32.1 Å². The van der Waals surface area contributed by atoms with Crippen molar-refractivity contribution in [2.45, 2.75) is 18.6 Å². The molecule has 0 unspecified atom stereocenters. The normalized spacial score (nSPS) is 12.9. The molecule has 3 N–H and O–H groups in total. The van der Waals surface area contributed by atoms with Gasteiger partial charge in [0.25, 0.3) is 5.91 Å². The predicted octanol–water partition coefficient (Wildman–Crippen LogP) is 1.60. The minimum atomic E-state index is -0.831. The Kier molecular flexibility index (Phi) is 6.54. The maximum Gasteiger partial charge on any atom is 0.254 e.